The van der Waals surface area contributed by atoms with Crippen molar-refractivity contribution in [1.29, 1.82) is 0 Å². The predicted octanol–water partition coefficient (Wildman–Crippen LogP) is 3.72. The number of imidazole rings is 1. The monoisotopic (exact) mass is 376 g/mol. The van der Waals surface area contributed by atoms with E-state index in [9.17, 15) is 9.59 Å². The molecular formula is C20H16N4O2S. The number of hydrogen-bond acceptors (Lipinski definition) is 4. The summed E-state index contributed by atoms with van der Waals surface area (Å²) < 4.78 is 1.93. The Hall–Kier alpha value is -3.45. The fourth-order valence-electron chi connectivity index (χ4n) is 2.81. The lowest BCUT2D eigenvalue weighted by Gasteiger charge is -2.05. The van der Waals surface area contributed by atoms with Crippen molar-refractivity contribution >= 4 is 33.8 Å². The third kappa shape index (κ3) is 3.20. The number of primary amides is 1. The normalized spacial score (nSPS) is 10.9. The highest BCUT2D eigenvalue weighted by Gasteiger charge is 2.18. The molecule has 0 aliphatic carbocycles. The number of aromatic nitrogens is 2. The number of nitrogens with two attached hydrogens (primary N) is 1. The van der Waals surface area contributed by atoms with Gasteiger partial charge in [-0.3, -0.25) is 14.0 Å². The van der Waals surface area contributed by atoms with E-state index in [2.05, 4.69) is 10.3 Å². The number of carbonyl (C=O) groups excluding carboxylic acids is 2. The van der Waals surface area contributed by atoms with Crippen molar-refractivity contribution < 1.29 is 9.59 Å². The Morgan fingerprint density at radius 1 is 1.07 bits per heavy atom. The minimum absolute atomic E-state index is 0.212. The number of carbonyl (C=O) groups is 2. The smallest absolute Gasteiger partial charge is 0.267 e. The van der Waals surface area contributed by atoms with Gasteiger partial charge in [-0.1, -0.05) is 41.7 Å². The summed E-state index contributed by atoms with van der Waals surface area (Å²) in [7, 11) is 0. The number of amides is 2. The van der Waals surface area contributed by atoms with E-state index in [0.29, 0.717) is 16.1 Å². The molecule has 0 bridgehead atoms. The Morgan fingerprint density at radius 2 is 1.78 bits per heavy atom. The van der Waals surface area contributed by atoms with Crippen LogP contribution in [0.3, 0.4) is 0 Å². The van der Waals surface area contributed by atoms with Gasteiger partial charge >= 0.3 is 0 Å². The van der Waals surface area contributed by atoms with Crippen LogP contribution in [0.5, 0.6) is 0 Å². The molecule has 4 rings (SSSR count). The van der Waals surface area contributed by atoms with Crippen LogP contribution >= 0.6 is 11.3 Å². The lowest BCUT2D eigenvalue weighted by Crippen LogP contribution is -2.13. The van der Waals surface area contributed by atoms with Crippen LogP contribution in [-0.4, -0.2) is 21.2 Å². The first-order chi connectivity index (χ1) is 13.0. The standard InChI is InChI=1S/C20H16N4O2S/c1-12-17(19(26)22-15-9-7-14(8-10-15)18(21)25)27-20-23-16(11-24(12)20)13-5-3-2-4-6-13/h2-11H,1H3,(H2,21,25)(H,22,26). The SMILES string of the molecule is Cc1c(C(=O)Nc2ccc(C(N)=O)cc2)sc2nc(-c3ccccc3)cn12. The van der Waals surface area contributed by atoms with Gasteiger partial charge in [0, 0.05) is 28.7 Å². The highest BCUT2D eigenvalue weighted by Crippen LogP contribution is 2.27. The lowest BCUT2D eigenvalue weighted by molar-refractivity contribution is 0.0998. The van der Waals surface area contributed by atoms with Gasteiger partial charge in [-0.25, -0.2) is 4.98 Å². The predicted molar refractivity (Wildman–Crippen MR) is 106 cm³/mol. The molecule has 6 nitrogen and oxygen atoms in total. The van der Waals surface area contributed by atoms with Crippen LogP contribution in [-0.2, 0) is 0 Å². The molecule has 0 fully saturated rings. The molecule has 4 aromatic rings. The summed E-state index contributed by atoms with van der Waals surface area (Å²) in [5.74, 6) is -0.714. The fraction of sp³-hybridized carbons (Fsp3) is 0.0500. The summed E-state index contributed by atoms with van der Waals surface area (Å²) in [5.41, 5.74) is 8.96. The molecule has 2 heterocycles. The van der Waals surface area contributed by atoms with E-state index in [-0.39, 0.29) is 5.91 Å². The van der Waals surface area contributed by atoms with Gasteiger partial charge in [0.1, 0.15) is 4.88 Å². The molecule has 2 aromatic heterocycles. The highest BCUT2D eigenvalue weighted by atomic mass is 32.1. The van der Waals surface area contributed by atoms with E-state index >= 15 is 0 Å². The minimum atomic E-state index is -0.502. The largest absolute Gasteiger partial charge is 0.366 e. The van der Waals surface area contributed by atoms with Crippen LogP contribution in [0, 0.1) is 6.92 Å². The van der Waals surface area contributed by atoms with E-state index in [1.807, 2.05) is 47.9 Å². The van der Waals surface area contributed by atoms with Crippen LogP contribution in [0.2, 0.25) is 0 Å². The first-order valence-electron chi connectivity index (χ1n) is 8.28. The number of anilines is 1. The molecule has 0 aliphatic rings. The van der Waals surface area contributed by atoms with Gasteiger partial charge in [-0.2, -0.15) is 0 Å². The van der Waals surface area contributed by atoms with Gasteiger partial charge in [-0.15, -0.1) is 0 Å². The summed E-state index contributed by atoms with van der Waals surface area (Å²) in [6.07, 6.45) is 1.94. The van der Waals surface area contributed by atoms with Gasteiger partial charge < -0.3 is 11.1 Å². The molecule has 0 atom stereocenters. The average Bonchev–Trinajstić information content (AvgIpc) is 3.22. The van der Waals surface area contributed by atoms with E-state index in [0.717, 1.165) is 21.9 Å². The number of fused-ring (bicyclic) bond motifs is 1. The van der Waals surface area contributed by atoms with Gasteiger partial charge in [0.15, 0.2) is 4.96 Å². The maximum Gasteiger partial charge on any atom is 0.267 e. The molecule has 7 heteroatoms. The van der Waals surface area contributed by atoms with Gasteiger partial charge in [0.25, 0.3) is 5.91 Å². The number of aryl methyl sites for hydroxylation is 1. The summed E-state index contributed by atoms with van der Waals surface area (Å²) in [4.78, 5) is 29.8. The highest BCUT2D eigenvalue weighted by molar-refractivity contribution is 7.19. The van der Waals surface area contributed by atoms with Crippen molar-refractivity contribution in [2.75, 3.05) is 5.32 Å². The molecule has 0 saturated carbocycles. The zero-order valence-electron chi connectivity index (χ0n) is 14.5. The van der Waals surface area contributed by atoms with Crippen LogP contribution < -0.4 is 11.1 Å². The number of nitrogens with zero attached hydrogens (tertiary/aromatic N) is 2. The van der Waals surface area contributed by atoms with Crippen LogP contribution in [0.25, 0.3) is 16.2 Å². The maximum absolute atomic E-state index is 12.6. The van der Waals surface area contributed by atoms with Crippen LogP contribution in [0.1, 0.15) is 25.7 Å². The second-order valence-corrected chi connectivity index (χ2v) is 7.03. The number of rotatable bonds is 4. The second-order valence-electron chi connectivity index (χ2n) is 6.06. The van der Waals surface area contributed by atoms with E-state index in [1.165, 1.54) is 11.3 Å². The van der Waals surface area contributed by atoms with Crippen molar-refractivity contribution in [3.05, 3.63) is 76.9 Å². The average molecular weight is 376 g/mol. The third-order valence-electron chi connectivity index (χ3n) is 4.26. The second kappa shape index (κ2) is 6.69. The molecule has 27 heavy (non-hydrogen) atoms. The molecule has 134 valence electrons. The van der Waals surface area contributed by atoms with Crippen molar-refractivity contribution in [2.45, 2.75) is 6.92 Å². The van der Waals surface area contributed by atoms with Crippen molar-refractivity contribution in [2.24, 2.45) is 5.73 Å². The third-order valence-corrected chi connectivity index (χ3v) is 5.42. The van der Waals surface area contributed by atoms with E-state index in [4.69, 9.17) is 5.73 Å². The Labute approximate surface area is 159 Å². The van der Waals surface area contributed by atoms with Crippen molar-refractivity contribution in [3.8, 4) is 11.3 Å². The topological polar surface area (TPSA) is 89.5 Å². The van der Waals surface area contributed by atoms with Gasteiger partial charge in [0.2, 0.25) is 5.91 Å². The minimum Gasteiger partial charge on any atom is -0.366 e. The Balaban J connectivity index is 1.60. The zero-order valence-corrected chi connectivity index (χ0v) is 15.3. The summed E-state index contributed by atoms with van der Waals surface area (Å²) >= 11 is 1.34. The van der Waals surface area contributed by atoms with Gasteiger partial charge in [0.05, 0.1) is 5.69 Å². The molecule has 2 aromatic carbocycles. The maximum atomic E-state index is 12.6. The molecular weight excluding hydrogens is 360 g/mol. The summed E-state index contributed by atoms with van der Waals surface area (Å²) in [6.45, 7) is 1.89. The molecule has 3 N–H and O–H groups in total. The first kappa shape index (κ1) is 17.0. The number of hydrogen-bond donors (Lipinski definition) is 2. The Morgan fingerprint density at radius 3 is 2.41 bits per heavy atom. The lowest BCUT2D eigenvalue weighted by atomic mass is 10.2. The number of nitrogens with one attached hydrogen (secondary N) is 1. The molecule has 2 amide bonds. The fourth-order valence-corrected chi connectivity index (χ4v) is 3.82. The number of thiazole rings is 1. The van der Waals surface area contributed by atoms with E-state index in [1.54, 1.807) is 24.3 Å². The zero-order chi connectivity index (χ0) is 19.0. The van der Waals surface area contributed by atoms with Crippen molar-refractivity contribution in [3.63, 3.8) is 0 Å². The van der Waals surface area contributed by atoms with E-state index < -0.39 is 5.91 Å². The van der Waals surface area contributed by atoms with Crippen LogP contribution in [0.4, 0.5) is 5.69 Å². The number of benzene rings is 2. The Kier molecular flexibility index (Phi) is 4.21. The summed E-state index contributed by atoms with van der Waals surface area (Å²) in [5, 5.41) is 2.84. The van der Waals surface area contributed by atoms with Crippen molar-refractivity contribution in [1.82, 2.24) is 9.38 Å². The molecule has 0 saturated heterocycles. The Bertz CT molecular complexity index is 1140. The molecule has 0 spiro atoms. The molecule has 0 unspecified atom stereocenters. The van der Waals surface area contributed by atoms with Gasteiger partial charge in [-0.05, 0) is 31.2 Å². The van der Waals surface area contributed by atoms with Crippen LogP contribution in [0.15, 0.2) is 60.8 Å². The summed E-state index contributed by atoms with van der Waals surface area (Å²) in [6, 6.07) is 16.4. The molecule has 0 radical (unpaired) electrons. The quantitative estimate of drug-likeness (QED) is 0.569. The molecule has 0 aliphatic heterocycles. The first-order valence-corrected chi connectivity index (χ1v) is 9.10.